The monoisotopic (exact) mass is 1070 g/mol. The molecule has 0 aromatic heterocycles. The van der Waals surface area contributed by atoms with Gasteiger partial charge in [-0.2, -0.15) is 0 Å². The Morgan fingerprint density at radius 2 is 0.693 bits per heavy atom. The third-order valence-corrected chi connectivity index (χ3v) is 14.5. The minimum atomic E-state index is -4.39. The number of allylic oxidation sites excluding steroid dienone is 12. The molecule has 10 heteroatoms. The van der Waals surface area contributed by atoms with Crippen molar-refractivity contribution in [3.05, 3.63) is 72.9 Å². The summed E-state index contributed by atoms with van der Waals surface area (Å²) in [5.74, 6) is -0.834. The zero-order valence-electron chi connectivity index (χ0n) is 48.8. The normalized spacial score (nSPS) is 13.5. The van der Waals surface area contributed by atoms with E-state index in [2.05, 4.69) is 86.8 Å². The van der Waals surface area contributed by atoms with Crippen LogP contribution in [0.3, 0.4) is 0 Å². The molecule has 0 amide bonds. The average Bonchev–Trinajstić information content (AvgIpc) is 3.40. The summed E-state index contributed by atoms with van der Waals surface area (Å²) in [7, 11) is -4.39. The van der Waals surface area contributed by atoms with Crippen LogP contribution in [0.15, 0.2) is 72.9 Å². The van der Waals surface area contributed by atoms with Gasteiger partial charge in [-0.15, -0.1) is 0 Å². The molecule has 2 unspecified atom stereocenters. The van der Waals surface area contributed by atoms with Gasteiger partial charge in [-0.3, -0.25) is 18.6 Å². The molecule has 0 heterocycles. The number of phosphoric acid groups is 1. The fourth-order valence-corrected chi connectivity index (χ4v) is 9.65. The summed E-state index contributed by atoms with van der Waals surface area (Å²) < 4.78 is 33.1. The molecule has 0 bridgehead atoms. The molecular weight excluding hydrogens is 954 g/mol. The van der Waals surface area contributed by atoms with Crippen molar-refractivity contribution in [2.75, 3.05) is 26.4 Å². The molecule has 0 aromatic carbocycles. The van der Waals surface area contributed by atoms with Crippen LogP contribution in [0.25, 0.3) is 0 Å². The van der Waals surface area contributed by atoms with E-state index in [0.29, 0.717) is 6.42 Å². The van der Waals surface area contributed by atoms with Crippen LogP contribution >= 0.6 is 7.82 Å². The van der Waals surface area contributed by atoms with E-state index in [9.17, 15) is 19.0 Å². The molecule has 0 radical (unpaired) electrons. The van der Waals surface area contributed by atoms with E-state index in [1.165, 1.54) is 186 Å². The van der Waals surface area contributed by atoms with E-state index < -0.39 is 32.5 Å². The quantitative estimate of drug-likeness (QED) is 0.0264. The van der Waals surface area contributed by atoms with Gasteiger partial charge in [-0.25, -0.2) is 4.57 Å². The second-order valence-corrected chi connectivity index (χ2v) is 22.4. The first-order valence-electron chi connectivity index (χ1n) is 31.4. The lowest BCUT2D eigenvalue weighted by atomic mass is 10.0. The molecule has 0 aliphatic heterocycles. The van der Waals surface area contributed by atoms with Crippen LogP contribution in [0.5, 0.6) is 0 Å². The summed E-state index contributed by atoms with van der Waals surface area (Å²) in [6, 6.07) is 0. The Morgan fingerprint density at radius 3 is 1.03 bits per heavy atom. The molecule has 9 nitrogen and oxygen atoms in total. The van der Waals surface area contributed by atoms with Gasteiger partial charge in [0.1, 0.15) is 6.61 Å². The van der Waals surface area contributed by atoms with Crippen molar-refractivity contribution in [3.63, 3.8) is 0 Å². The minimum Gasteiger partial charge on any atom is -0.462 e. The first-order chi connectivity index (χ1) is 36.8. The molecule has 0 rings (SSSR count). The highest BCUT2D eigenvalue weighted by atomic mass is 31.2. The molecule has 3 N–H and O–H groups in total. The number of hydrogen-bond donors (Lipinski definition) is 2. The Hall–Kier alpha value is -2.55. The number of ether oxygens (including phenoxy) is 2. The van der Waals surface area contributed by atoms with Crippen LogP contribution in [-0.2, 0) is 32.7 Å². The van der Waals surface area contributed by atoms with E-state index in [0.717, 1.165) is 77.0 Å². The van der Waals surface area contributed by atoms with E-state index >= 15 is 0 Å². The lowest BCUT2D eigenvalue weighted by Gasteiger charge is -2.19. The third kappa shape index (κ3) is 60.5. The van der Waals surface area contributed by atoms with Gasteiger partial charge in [0, 0.05) is 19.4 Å². The summed E-state index contributed by atoms with van der Waals surface area (Å²) in [4.78, 5) is 35.2. The molecule has 0 fully saturated rings. The smallest absolute Gasteiger partial charge is 0.462 e. The molecule has 75 heavy (non-hydrogen) atoms. The van der Waals surface area contributed by atoms with Crippen LogP contribution in [0.2, 0.25) is 0 Å². The maximum atomic E-state index is 12.7. The van der Waals surface area contributed by atoms with Gasteiger partial charge in [0.2, 0.25) is 0 Å². The summed E-state index contributed by atoms with van der Waals surface area (Å²) in [5, 5.41) is 0. The van der Waals surface area contributed by atoms with Gasteiger partial charge in [0.15, 0.2) is 6.10 Å². The standard InChI is InChI=1S/C65H118NO8P/c1-3-5-7-9-11-13-15-17-19-21-23-25-26-27-28-29-30-31-32-33-34-35-36-38-40-42-44-46-48-50-52-54-56-58-65(68)74-63(62-73-75(69,70)72-60-59-66)61-71-64(67)57-55-53-51-49-47-45-43-41-39-37-24-22-20-18-16-14-12-10-8-6-4-2/h15-18,21-24,26-27,39,41,63H,3-14,19-20,25,28-38,40,42-62,66H2,1-2H3,(H,69,70)/b17-15-,18-16-,23-21-,24-22-,27-26-,41-39-. The molecule has 0 aliphatic rings. The van der Waals surface area contributed by atoms with E-state index in [1.807, 2.05) is 0 Å². The van der Waals surface area contributed by atoms with Crippen LogP contribution in [0, 0.1) is 0 Å². The lowest BCUT2D eigenvalue weighted by molar-refractivity contribution is -0.161. The Morgan fingerprint density at radius 1 is 0.400 bits per heavy atom. The molecule has 2 atom stereocenters. The number of rotatable bonds is 59. The topological polar surface area (TPSA) is 134 Å². The summed E-state index contributed by atoms with van der Waals surface area (Å²) in [6.45, 7) is 3.73. The van der Waals surface area contributed by atoms with Gasteiger partial charge in [-0.1, -0.05) is 267 Å². The predicted octanol–water partition coefficient (Wildman–Crippen LogP) is 20.1. The Balaban J connectivity index is 3.92. The molecule has 0 spiro atoms. The zero-order chi connectivity index (χ0) is 54.5. The number of hydrogen-bond acceptors (Lipinski definition) is 8. The molecule has 0 aliphatic carbocycles. The molecule has 0 saturated heterocycles. The Labute approximate surface area is 462 Å². The van der Waals surface area contributed by atoms with Gasteiger partial charge in [-0.05, 0) is 89.9 Å². The van der Waals surface area contributed by atoms with Crippen LogP contribution in [0.1, 0.15) is 296 Å². The van der Waals surface area contributed by atoms with Gasteiger partial charge in [0.25, 0.3) is 0 Å². The average molecular weight is 1070 g/mol. The summed E-state index contributed by atoms with van der Waals surface area (Å²) in [5.41, 5.74) is 5.39. The fraction of sp³-hybridized carbons (Fsp3) is 0.785. The van der Waals surface area contributed by atoms with Crippen LogP contribution < -0.4 is 5.73 Å². The minimum absolute atomic E-state index is 0.0499. The van der Waals surface area contributed by atoms with Crippen molar-refractivity contribution >= 4 is 19.8 Å². The van der Waals surface area contributed by atoms with Crippen molar-refractivity contribution in [2.24, 2.45) is 5.73 Å². The zero-order valence-corrected chi connectivity index (χ0v) is 49.7. The summed E-state index contributed by atoms with van der Waals surface area (Å²) >= 11 is 0. The maximum absolute atomic E-state index is 12.7. The van der Waals surface area contributed by atoms with E-state index in [-0.39, 0.29) is 32.6 Å². The first kappa shape index (κ1) is 72.5. The van der Waals surface area contributed by atoms with Crippen molar-refractivity contribution in [1.29, 1.82) is 0 Å². The number of unbranched alkanes of at least 4 members (excludes halogenated alkanes) is 34. The highest BCUT2D eigenvalue weighted by Crippen LogP contribution is 2.43. The van der Waals surface area contributed by atoms with Crippen molar-refractivity contribution in [2.45, 2.75) is 302 Å². The second kappa shape index (κ2) is 60.7. The largest absolute Gasteiger partial charge is 0.472 e. The Bertz CT molecular complexity index is 1460. The number of esters is 2. The Kier molecular flexibility index (Phi) is 58.6. The maximum Gasteiger partial charge on any atom is 0.472 e. The molecule has 0 aromatic rings. The highest BCUT2D eigenvalue weighted by Gasteiger charge is 2.26. The third-order valence-electron chi connectivity index (χ3n) is 13.6. The van der Waals surface area contributed by atoms with Crippen LogP contribution in [-0.4, -0.2) is 49.3 Å². The van der Waals surface area contributed by atoms with Gasteiger partial charge < -0.3 is 20.1 Å². The van der Waals surface area contributed by atoms with Crippen molar-refractivity contribution < 1.29 is 37.6 Å². The van der Waals surface area contributed by atoms with E-state index in [4.69, 9.17) is 24.3 Å². The number of phosphoric ester groups is 1. The predicted molar refractivity (Wildman–Crippen MR) is 321 cm³/mol. The fourth-order valence-electron chi connectivity index (χ4n) is 8.89. The molecule has 436 valence electrons. The first-order valence-corrected chi connectivity index (χ1v) is 32.9. The number of carbonyl (C=O) groups excluding carboxylic acids is 2. The number of nitrogens with two attached hydrogens (primary N) is 1. The second-order valence-electron chi connectivity index (χ2n) is 20.9. The lowest BCUT2D eigenvalue weighted by Crippen LogP contribution is -2.29. The summed E-state index contributed by atoms with van der Waals surface area (Å²) in [6.07, 6.45) is 78.3. The van der Waals surface area contributed by atoms with E-state index in [1.54, 1.807) is 0 Å². The van der Waals surface area contributed by atoms with Crippen LogP contribution in [0.4, 0.5) is 0 Å². The van der Waals surface area contributed by atoms with Gasteiger partial charge in [0.05, 0.1) is 13.2 Å². The van der Waals surface area contributed by atoms with Crippen molar-refractivity contribution in [1.82, 2.24) is 0 Å². The number of carbonyl (C=O) groups is 2. The van der Waals surface area contributed by atoms with Crippen molar-refractivity contribution in [3.8, 4) is 0 Å². The molecular formula is C65H118NO8P. The molecule has 0 saturated carbocycles. The van der Waals surface area contributed by atoms with Gasteiger partial charge >= 0.3 is 19.8 Å². The SMILES string of the molecule is CCCCCCC/C=C\C/C=C\C/C=C\CCCCCCCCCCCCCCCCCCCCC(=O)OC(COC(=O)CCCCCCCC/C=C\C/C=C\C/C=C\CCCCCCC)COP(=O)(O)OCCN. The highest BCUT2D eigenvalue weighted by molar-refractivity contribution is 7.47.